The van der Waals surface area contributed by atoms with Gasteiger partial charge in [-0.2, -0.15) is 0 Å². The first-order valence-electron chi connectivity index (χ1n) is 6.47. The Labute approximate surface area is 110 Å². The minimum atomic E-state index is 0.136. The lowest BCUT2D eigenvalue weighted by Gasteiger charge is -2.12. The number of aryl methyl sites for hydroxylation is 1. The molecule has 96 valence electrons. The van der Waals surface area contributed by atoms with Crippen molar-refractivity contribution in [1.82, 2.24) is 0 Å². The Bertz CT molecular complexity index is 336. The third-order valence-corrected chi connectivity index (χ3v) is 3.56. The topological polar surface area (TPSA) is 9.23 Å². The number of alkyl halides is 1. The Morgan fingerprint density at radius 1 is 1.24 bits per heavy atom. The average Bonchev–Trinajstić information content (AvgIpc) is 2.34. The van der Waals surface area contributed by atoms with Gasteiger partial charge in [-0.1, -0.05) is 44.7 Å². The van der Waals surface area contributed by atoms with Crippen LogP contribution in [0.5, 0.6) is 5.75 Å². The van der Waals surface area contributed by atoms with Crippen LogP contribution in [0.2, 0.25) is 0 Å². The minimum absolute atomic E-state index is 0.136. The SMILES string of the molecule is CCCCCCC(Cl)c1ccc(OC)c(C)c1. The highest BCUT2D eigenvalue weighted by atomic mass is 35.5. The molecule has 0 saturated carbocycles. The molecule has 1 atom stereocenters. The van der Waals surface area contributed by atoms with E-state index in [1.165, 1.54) is 31.2 Å². The van der Waals surface area contributed by atoms with Crippen LogP contribution >= 0.6 is 11.6 Å². The first kappa shape index (κ1) is 14.4. The predicted molar refractivity (Wildman–Crippen MR) is 75.1 cm³/mol. The number of unbranched alkanes of at least 4 members (excludes halogenated alkanes) is 3. The van der Waals surface area contributed by atoms with E-state index in [9.17, 15) is 0 Å². The minimum Gasteiger partial charge on any atom is -0.496 e. The first-order chi connectivity index (χ1) is 8.19. The number of rotatable bonds is 7. The van der Waals surface area contributed by atoms with E-state index >= 15 is 0 Å². The lowest BCUT2D eigenvalue weighted by Crippen LogP contribution is -1.94. The van der Waals surface area contributed by atoms with Crippen molar-refractivity contribution in [3.05, 3.63) is 29.3 Å². The van der Waals surface area contributed by atoms with Gasteiger partial charge in [0.1, 0.15) is 5.75 Å². The van der Waals surface area contributed by atoms with Crippen molar-refractivity contribution in [2.45, 2.75) is 51.3 Å². The van der Waals surface area contributed by atoms with E-state index in [-0.39, 0.29) is 5.38 Å². The van der Waals surface area contributed by atoms with Crippen LogP contribution in [-0.2, 0) is 0 Å². The lowest BCUT2D eigenvalue weighted by molar-refractivity contribution is 0.411. The van der Waals surface area contributed by atoms with Crippen LogP contribution in [0, 0.1) is 6.92 Å². The fourth-order valence-electron chi connectivity index (χ4n) is 2.01. The molecule has 0 aliphatic rings. The maximum absolute atomic E-state index is 6.41. The van der Waals surface area contributed by atoms with Gasteiger partial charge in [-0.15, -0.1) is 11.6 Å². The van der Waals surface area contributed by atoms with Gasteiger partial charge in [-0.25, -0.2) is 0 Å². The third-order valence-electron chi connectivity index (χ3n) is 3.09. The Kier molecular flexibility index (Phi) is 6.43. The smallest absolute Gasteiger partial charge is 0.121 e. The maximum Gasteiger partial charge on any atom is 0.121 e. The van der Waals surface area contributed by atoms with Crippen molar-refractivity contribution in [3.63, 3.8) is 0 Å². The molecule has 17 heavy (non-hydrogen) atoms. The van der Waals surface area contributed by atoms with Gasteiger partial charge in [0, 0.05) is 0 Å². The zero-order chi connectivity index (χ0) is 12.7. The molecule has 2 heteroatoms. The molecule has 1 rings (SSSR count). The van der Waals surface area contributed by atoms with Crippen LogP contribution < -0.4 is 4.74 Å². The summed E-state index contributed by atoms with van der Waals surface area (Å²) in [6.07, 6.45) is 6.15. The summed E-state index contributed by atoms with van der Waals surface area (Å²) in [5, 5.41) is 0.136. The fraction of sp³-hybridized carbons (Fsp3) is 0.600. The molecule has 0 aliphatic heterocycles. The largest absolute Gasteiger partial charge is 0.496 e. The number of halogens is 1. The van der Waals surface area contributed by atoms with Gasteiger partial charge in [-0.05, 0) is 30.5 Å². The summed E-state index contributed by atoms with van der Waals surface area (Å²) in [5.41, 5.74) is 2.37. The molecule has 1 aromatic carbocycles. The molecule has 1 aromatic rings. The predicted octanol–water partition coefficient (Wildman–Crippen LogP) is 5.25. The standard InChI is InChI=1S/C15H23ClO/c1-4-5-6-7-8-14(16)13-9-10-15(17-3)12(2)11-13/h9-11,14H,4-8H2,1-3H3. The maximum atomic E-state index is 6.41. The van der Waals surface area contributed by atoms with Gasteiger partial charge in [0.15, 0.2) is 0 Å². The molecular formula is C15H23ClO. The van der Waals surface area contributed by atoms with Crippen molar-refractivity contribution in [2.24, 2.45) is 0 Å². The van der Waals surface area contributed by atoms with Crippen LogP contribution in [0.4, 0.5) is 0 Å². The van der Waals surface area contributed by atoms with Crippen LogP contribution in [0.1, 0.15) is 55.5 Å². The second kappa shape index (κ2) is 7.60. The van der Waals surface area contributed by atoms with Gasteiger partial charge in [-0.3, -0.25) is 0 Å². The van der Waals surface area contributed by atoms with Gasteiger partial charge < -0.3 is 4.74 Å². The van der Waals surface area contributed by atoms with Crippen molar-refractivity contribution < 1.29 is 4.74 Å². The zero-order valence-electron chi connectivity index (χ0n) is 11.1. The van der Waals surface area contributed by atoms with E-state index < -0.39 is 0 Å². The van der Waals surface area contributed by atoms with E-state index in [2.05, 4.69) is 26.0 Å². The highest BCUT2D eigenvalue weighted by Gasteiger charge is 2.09. The molecule has 1 nitrogen and oxygen atoms in total. The molecule has 0 N–H and O–H groups in total. The highest BCUT2D eigenvalue weighted by molar-refractivity contribution is 6.20. The Hall–Kier alpha value is -0.690. The molecule has 0 spiro atoms. The Balaban J connectivity index is 2.51. The molecule has 0 radical (unpaired) electrons. The van der Waals surface area contributed by atoms with Crippen molar-refractivity contribution >= 4 is 11.6 Å². The first-order valence-corrected chi connectivity index (χ1v) is 6.91. The molecule has 0 saturated heterocycles. The van der Waals surface area contributed by atoms with Crippen molar-refractivity contribution in [3.8, 4) is 5.75 Å². The molecule has 0 amide bonds. The Morgan fingerprint density at radius 2 is 2.00 bits per heavy atom. The summed E-state index contributed by atoms with van der Waals surface area (Å²) in [4.78, 5) is 0. The van der Waals surface area contributed by atoms with Crippen LogP contribution in [0.3, 0.4) is 0 Å². The van der Waals surface area contributed by atoms with Crippen LogP contribution in [-0.4, -0.2) is 7.11 Å². The summed E-state index contributed by atoms with van der Waals surface area (Å²) in [6, 6.07) is 6.21. The van der Waals surface area contributed by atoms with Crippen molar-refractivity contribution in [1.29, 1.82) is 0 Å². The second-order valence-corrected chi connectivity index (χ2v) is 5.07. The lowest BCUT2D eigenvalue weighted by atomic mass is 10.0. The summed E-state index contributed by atoms with van der Waals surface area (Å²) >= 11 is 6.41. The number of hydrogen-bond acceptors (Lipinski definition) is 1. The summed E-state index contributed by atoms with van der Waals surface area (Å²) in [7, 11) is 1.70. The third kappa shape index (κ3) is 4.59. The van der Waals surface area contributed by atoms with Gasteiger partial charge in [0.2, 0.25) is 0 Å². The summed E-state index contributed by atoms with van der Waals surface area (Å²) in [5.74, 6) is 0.934. The molecule has 0 aromatic heterocycles. The highest BCUT2D eigenvalue weighted by Crippen LogP contribution is 2.30. The normalized spacial score (nSPS) is 12.5. The molecule has 0 bridgehead atoms. The quantitative estimate of drug-likeness (QED) is 0.477. The zero-order valence-corrected chi connectivity index (χ0v) is 11.9. The molecule has 1 unspecified atom stereocenters. The van der Waals surface area contributed by atoms with Crippen molar-refractivity contribution in [2.75, 3.05) is 7.11 Å². The van der Waals surface area contributed by atoms with Gasteiger partial charge in [0.25, 0.3) is 0 Å². The van der Waals surface area contributed by atoms with E-state index in [0.29, 0.717) is 0 Å². The van der Waals surface area contributed by atoms with E-state index in [4.69, 9.17) is 16.3 Å². The average molecular weight is 255 g/mol. The van der Waals surface area contributed by atoms with Crippen LogP contribution in [0.25, 0.3) is 0 Å². The van der Waals surface area contributed by atoms with Gasteiger partial charge >= 0.3 is 0 Å². The fourth-order valence-corrected chi connectivity index (χ4v) is 2.30. The monoisotopic (exact) mass is 254 g/mol. The van der Waals surface area contributed by atoms with E-state index in [1.807, 2.05) is 6.07 Å². The number of benzene rings is 1. The van der Waals surface area contributed by atoms with E-state index in [0.717, 1.165) is 17.7 Å². The molecule has 0 aliphatic carbocycles. The second-order valence-electron chi connectivity index (χ2n) is 4.55. The Morgan fingerprint density at radius 3 is 2.59 bits per heavy atom. The van der Waals surface area contributed by atoms with E-state index in [1.54, 1.807) is 7.11 Å². The van der Waals surface area contributed by atoms with Gasteiger partial charge in [0.05, 0.1) is 12.5 Å². The number of methoxy groups -OCH3 is 1. The summed E-state index contributed by atoms with van der Waals surface area (Å²) in [6.45, 7) is 4.29. The van der Waals surface area contributed by atoms with Crippen LogP contribution in [0.15, 0.2) is 18.2 Å². The molecule has 0 heterocycles. The molecule has 0 fully saturated rings. The number of ether oxygens (including phenoxy) is 1. The molecular weight excluding hydrogens is 232 g/mol. The number of hydrogen-bond donors (Lipinski definition) is 0. The summed E-state index contributed by atoms with van der Waals surface area (Å²) < 4.78 is 5.25.